The van der Waals surface area contributed by atoms with Crippen molar-refractivity contribution in [2.75, 3.05) is 36.0 Å². The van der Waals surface area contributed by atoms with Gasteiger partial charge in [0, 0.05) is 18.8 Å². The summed E-state index contributed by atoms with van der Waals surface area (Å²) in [5.41, 5.74) is -1.09. The summed E-state index contributed by atoms with van der Waals surface area (Å²) in [4.78, 5) is 54.0. The van der Waals surface area contributed by atoms with E-state index in [1.165, 1.54) is 36.9 Å². The first-order valence-corrected chi connectivity index (χ1v) is 11.7. The number of amides is 5. The summed E-state index contributed by atoms with van der Waals surface area (Å²) in [5.74, 6) is -4.16. The van der Waals surface area contributed by atoms with Crippen molar-refractivity contribution >= 4 is 35.3 Å². The van der Waals surface area contributed by atoms with Gasteiger partial charge in [-0.25, -0.2) is 14.0 Å². The highest BCUT2D eigenvalue weighted by Crippen LogP contribution is 2.34. The number of benzene rings is 2. The van der Waals surface area contributed by atoms with Gasteiger partial charge >= 0.3 is 24.2 Å². The molecule has 0 bridgehead atoms. The molecule has 2 aliphatic heterocycles. The Morgan fingerprint density at radius 3 is 2.47 bits per heavy atom. The van der Waals surface area contributed by atoms with Crippen LogP contribution in [0.15, 0.2) is 36.4 Å². The van der Waals surface area contributed by atoms with Gasteiger partial charge in [0.15, 0.2) is 5.92 Å². The number of hydrogen-bond donors (Lipinski definition) is 1. The van der Waals surface area contributed by atoms with Crippen LogP contribution in [0.3, 0.4) is 0 Å². The van der Waals surface area contributed by atoms with Gasteiger partial charge in [0.05, 0.1) is 30.9 Å². The van der Waals surface area contributed by atoms with Crippen LogP contribution in [0.2, 0.25) is 0 Å². The molecule has 2 aromatic rings. The lowest BCUT2D eigenvalue weighted by Crippen LogP contribution is -2.58. The Hall–Kier alpha value is -4.16. The smallest absolute Gasteiger partial charge is 0.416 e. The van der Waals surface area contributed by atoms with Crippen LogP contribution in [-0.2, 0) is 27.0 Å². The maximum atomic E-state index is 15.0. The molecular weight excluding hydrogens is 512 g/mol. The van der Waals surface area contributed by atoms with E-state index >= 15 is 4.39 Å². The number of halogens is 4. The van der Waals surface area contributed by atoms with Crippen molar-refractivity contribution in [1.29, 1.82) is 0 Å². The third-order valence-corrected chi connectivity index (χ3v) is 6.43. The van der Waals surface area contributed by atoms with Crippen molar-refractivity contribution in [3.8, 4) is 0 Å². The van der Waals surface area contributed by atoms with Crippen molar-refractivity contribution < 1.29 is 41.5 Å². The summed E-state index contributed by atoms with van der Waals surface area (Å²) < 4.78 is 60.3. The van der Waals surface area contributed by atoms with E-state index in [9.17, 15) is 32.3 Å². The molecule has 2 aliphatic rings. The van der Waals surface area contributed by atoms with Crippen molar-refractivity contribution in [3.63, 3.8) is 0 Å². The highest BCUT2D eigenvalue weighted by atomic mass is 19.4. The monoisotopic (exact) mass is 536 g/mol. The molecule has 2 heterocycles. The largest absolute Gasteiger partial charge is 0.465 e. The van der Waals surface area contributed by atoms with E-state index in [1.54, 1.807) is 0 Å². The Morgan fingerprint density at radius 1 is 1.13 bits per heavy atom. The first kappa shape index (κ1) is 26.9. The van der Waals surface area contributed by atoms with Crippen molar-refractivity contribution in [2.45, 2.75) is 26.6 Å². The summed E-state index contributed by atoms with van der Waals surface area (Å²) in [6.07, 6.45) is -4.65. The topological polar surface area (TPSA) is 99.3 Å². The summed E-state index contributed by atoms with van der Waals surface area (Å²) in [7, 11) is 0. The molecule has 5 amide bonds. The average molecular weight is 536 g/mol. The second-order valence-electron chi connectivity index (χ2n) is 8.73. The zero-order valence-corrected chi connectivity index (χ0v) is 20.5. The first-order chi connectivity index (χ1) is 17.9. The van der Waals surface area contributed by atoms with Gasteiger partial charge in [0.2, 0.25) is 5.91 Å². The van der Waals surface area contributed by atoms with E-state index in [0.29, 0.717) is 11.4 Å². The second kappa shape index (κ2) is 10.3. The molecule has 9 nitrogen and oxygen atoms in total. The molecule has 0 saturated carbocycles. The molecule has 202 valence electrons. The summed E-state index contributed by atoms with van der Waals surface area (Å²) in [5, 5.41) is 2.55. The van der Waals surface area contributed by atoms with Crippen LogP contribution in [0.5, 0.6) is 0 Å². The molecule has 1 atom stereocenters. The lowest BCUT2D eigenvalue weighted by molar-refractivity contribution is -0.154. The van der Waals surface area contributed by atoms with Crippen LogP contribution in [0.25, 0.3) is 0 Å². The highest BCUT2D eigenvalue weighted by molar-refractivity contribution is 6.12. The van der Waals surface area contributed by atoms with Crippen LogP contribution in [0.4, 0.5) is 38.5 Å². The van der Waals surface area contributed by atoms with Gasteiger partial charge in [-0.2, -0.15) is 13.2 Å². The number of nitrogens with one attached hydrogen (secondary N) is 1. The van der Waals surface area contributed by atoms with E-state index in [0.717, 1.165) is 23.1 Å². The van der Waals surface area contributed by atoms with Crippen LogP contribution in [0.1, 0.15) is 23.6 Å². The van der Waals surface area contributed by atoms with Crippen LogP contribution in [-0.4, -0.2) is 55.1 Å². The third kappa shape index (κ3) is 5.00. The number of nitrogens with zero attached hydrogens (tertiary/aromatic N) is 3. The predicted molar refractivity (Wildman–Crippen MR) is 127 cm³/mol. The number of rotatable bonds is 6. The molecule has 13 heteroatoms. The second-order valence-corrected chi connectivity index (χ2v) is 8.73. The number of anilines is 2. The Morgan fingerprint density at radius 2 is 1.87 bits per heavy atom. The van der Waals surface area contributed by atoms with E-state index in [4.69, 9.17) is 4.74 Å². The molecule has 2 aromatic carbocycles. The fourth-order valence-corrected chi connectivity index (χ4v) is 4.46. The fourth-order valence-electron chi connectivity index (χ4n) is 4.46. The predicted octanol–water partition coefficient (Wildman–Crippen LogP) is 3.83. The summed E-state index contributed by atoms with van der Waals surface area (Å²) in [6, 6.07) is 5.60. The maximum Gasteiger partial charge on any atom is 0.416 e. The first-order valence-electron chi connectivity index (χ1n) is 11.7. The average Bonchev–Trinajstić information content (AvgIpc) is 3.27. The number of imide groups is 1. The number of carbonyl (C=O) groups is 4. The minimum atomic E-state index is -4.65. The van der Waals surface area contributed by atoms with E-state index in [1.807, 2.05) is 0 Å². The lowest BCUT2D eigenvalue weighted by atomic mass is 9.99. The number of alkyl halides is 3. The zero-order valence-electron chi connectivity index (χ0n) is 20.5. The molecule has 1 unspecified atom stereocenters. The molecule has 4 rings (SSSR count). The van der Waals surface area contributed by atoms with Gasteiger partial charge in [0.25, 0.3) is 0 Å². The zero-order chi connectivity index (χ0) is 27.8. The van der Waals surface area contributed by atoms with Gasteiger partial charge in [-0.3, -0.25) is 24.3 Å². The highest BCUT2D eigenvalue weighted by Gasteiger charge is 2.45. The van der Waals surface area contributed by atoms with Gasteiger partial charge in [0.1, 0.15) is 5.82 Å². The minimum absolute atomic E-state index is 0.0107. The Balaban J connectivity index is 1.70. The van der Waals surface area contributed by atoms with Gasteiger partial charge in [-0.1, -0.05) is 12.1 Å². The van der Waals surface area contributed by atoms with Gasteiger partial charge in [-0.15, -0.1) is 0 Å². The number of esters is 1. The Bertz CT molecular complexity index is 1300. The van der Waals surface area contributed by atoms with E-state index < -0.39 is 60.5 Å². The molecule has 0 spiro atoms. The van der Waals surface area contributed by atoms with Crippen LogP contribution < -0.4 is 15.1 Å². The molecule has 0 radical (unpaired) electrons. The van der Waals surface area contributed by atoms with E-state index in [-0.39, 0.29) is 35.7 Å². The van der Waals surface area contributed by atoms with Gasteiger partial charge in [-0.05, 0) is 49.2 Å². The molecule has 0 aromatic heterocycles. The third-order valence-electron chi connectivity index (χ3n) is 6.43. The van der Waals surface area contributed by atoms with Gasteiger partial charge < -0.3 is 10.1 Å². The van der Waals surface area contributed by atoms with Crippen LogP contribution in [0, 0.1) is 18.7 Å². The Kier molecular flexibility index (Phi) is 7.29. The van der Waals surface area contributed by atoms with Crippen LogP contribution >= 0.6 is 0 Å². The number of carbonyl (C=O) groups excluding carboxylic acids is 4. The fraction of sp³-hybridized carbons (Fsp3) is 0.360. The number of ether oxygens (including phenoxy) is 1. The number of urea groups is 2. The van der Waals surface area contributed by atoms with Crippen molar-refractivity contribution in [1.82, 2.24) is 10.2 Å². The quantitative estimate of drug-likeness (QED) is 0.344. The minimum Gasteiger partial charge on any atom is -0.465 e. The standard InChI is InChI=1S/C25H24F4N4O5/c1-3-38-22(35)17-13-32(16-7-8-20(19(26)11-16)31-10-9-30-23(31)36)24(37)33(21(17)34)12-15-5-4-6-18(14(15)2)25(27,28)29/h4-8,11,17H,3,9-10,12-13H2,1-2H3,(H,30,36). The summed E-state index contributed by atoms with van der Waals surface area (Å²) in [6.45, 7) is 2.26. The number of hydrogen-bond acceptors (Lipinski definition) is 5. The SMILES string of the molecule is CCOC(=O)C1CN(c2ccc(N3CCNC3=O)c(F)c2)C(=O)N(Cc2cccc(C(F)(F)F)c2C)C1=O. The lowest BCUT2D eigenvalue weighted by Gasteiger charge is -2.38. The van der Waals surface area contributed by atoms with E-state index in [2.05, 4.69) is 5.32 Å². The Labute approximate surface area is 214 Å². The summed E-state index contributed by atoms with van der Waals surface area (Å²) >= 11 is 0. The molecule has 1 N–H and O–H groups in total. The molecular formula is C25H24F4N4O5. The normalized spacial score (nSPS) is 18.2. The molecule has 0 aliphatic carbocycles. The molecule has 38 heavy (non-hydrogen) atoms. The molecule has 2 fully saturated rings. The van der Waals surface area contributed by atoms with Crippen molar-refractivity contribution in [3.05, 3.63) is 58.9 Å². The van der Waals surface area contributed by atoms with Crippen molar-refractivity contribution in [2.24, 2.45) is 5.92 Å². The maximum absolute atomic E-state index is 15.0. The molecule has 2 saturated heterocycles.